The van der Waals surface area contributed by atoms with Gasteiger partial charge in [0.15, 0.2) is 0 Å². The van der Waals surface area contributed by atoms with Crippen LogP contribution < -0.4 is 5.43 Å². The predicted octanol–water partition coefficient (Wildman–Crippen LogP) is 5.58. The molecule has 0 aliphatic carbocycles. The van der Waals surface area contributed by atoms with E-state index in [2.05, 4.69) is 33.1 Å². The lowest BCUT2D eigenvalue weighted by Crippen LogP contribution is -2.45. The first-order valence-electron chi connectivity index (χ1n) is 9.38. The Hall–Kier alpha value is -1.61. The quantitative estimate of drug-likeness (QED) is 0.439. The molecule has 8 heteroatoms. The number of nitrogens with one attached hydrogen (secondary N) is 1. The fourth-order valence-corrected chi connectivity index (χ4v) is 4.29. The van der Waals surface area contributed by atoms with Crippen LogP contribution in [0.5, 0.6) is 0 Å². The smallest absolute Gasteiger partial charge is 0.269 e. The van der Waals surface area contributed by atoms with Crippen LogP contribution in [0.1, 0.15) is 29.6 Å². The Kier molecular flexibility index (Phi) is 6.44. The molecular formula is C21H19Cl2IN4O. The van der Waals surface area contributed by atoms with Crippen LogP contribution in [0.15, 0.2) is 48.7 Å². The molecule has 1 aromatic heterocycles. The molecule has 0 unspecified atom stereocenters. The number of benzene rings is 2. The minimum Gasteiger partial charge on any atom is -0.285 e. The molecular weight excluding hydrogens is 522 g/mol. The van der Waals surface area contributed by atoms with E-state index in [9.17, 15) is 4.79 Å². The molecule has 1 fully saturated rings. The van der Waals surface area contributed by atoms with Gasteiger partial charge in [0.05, 0.1) is 28.2 Å². The van der Waals surface area contributed by atoms with Crippen molar-refractivity contribution in [2.24, 2.45) is 0 Å². The van der Waals surface area contributed by atoms with Gasteiger partial charge in [0.2, 0.25) is 0 Å². The van der Waals surface area contributed by atoms with Crippen LogP contribution in [-0.4, -0.2) is 33.8 Å². The predicted molar refractivity (Wildman–Crippen MR) is 125 cm³/mol. The Morgan fingerprint density at radius 3 is 2.45 bits per heavy atom. The van der Waals surface area contributed by atoms with Crippen LogP contribution in [0, 0.1) is 3.57 Å². The summed E-state index contributed by atoms with van der Waals surface area (Å²) in [5.74, 6) is -0.170. The lowest BCUT2D eigenvalue weighted by molar-refractivity contribution is 0.0751. The average molecular weight is 541 g/mol. The monoisotopic (exact) mass is 540 g/mol. The number of amides is 1. The van der Waals surface area contributed by atoms with Gasteiger partial charge in [-0.05, 0) is 65.8 Å². The van der Waals surface area contributed by atoms with Gasteiger partial charge in [0.25, 0.3) is 5.91 Å². The second-order valence-corrected chi connectivity index (χ2v) is 9.00. The minimum atomic E-state index is -0.170. The number of piperidine rings is 1. The zero-order chi connectivity index (χ0) is 20.4. The second kappa shape index (κ2) is 9.04. The van der Waals surface area contributed by atoms with Gasteiger partial charge in [-0.25, -0.2) is 9.69 Å². The summed E-state index contributed by atoms with van der Waals surface area (Å²) in [6, 6.07) is 13.2. The Morgan fingerprint density at radius 1 is 1.03 bits per heavy atom. The minimum absolute atomic E-state index is 0.170. The Labute approximate surface area is 193 Å². The molecule has 0 radical (unpaired) electrons. The Bertz CT molecular complexity index is 1030. The highest BCUT2D eigenvalue weighted by molar-refractivity contribution is 14.1. The van der Waals surface area contributed by atoms with E-state index in [0.29, 0.717) is 27.0 Å². The molecule has 1 aliphatic heterocycles. The van der Waals surface area contributed by atoms with Gasteiger partial charge in [-0.3, -0.25) is 10.2 Å². The molecule has 4 rings (SSSR count). The van der Waals surface area contributed by atoms with Crippen LogP contribution in [0.4, 0.5) is 0 Å². The summed E-state index contributed by atoms with van der Waals surface area (Å²) in [6.45, 7) is 1.73. The fourth-order valence-electron chi connectivity index (χ4n) is 3.45. The van der Waals surface area contributed by atoms with E-state index >= 15 is 0 Å². The second-order valence-electron chi connectivity index (χ2n) is 6.91. The first-order valence-corrected chi connectivity index (χ1v) is 11.2. The lowest BCUT2D eigenvalue weighted by Gasteiger charge is -2.26. The molecule has 0 spiro atoms. The largest absolute Gasteiger partial charge is 0.285 e. The number of hydrazine groups is 1. The topological polar surface area (TPSA) is 50.2 Å². The van der Waals surface area contributed by atoms with Gasteiger partial charge in [-0.2, -0.15) is 5.10 Å². The van der Waals surface area contributed by atoms with E-state index in [1.165, 1.54) is 6.42 Å². The summed E-state index contributed by atoms with van der Waals surface area (Å²) in [7, 11) is 0. The maximum atomic E-state index is 13.1. The molecule has 5 nitrogen and oxygen atoms in total. The summed E-state index contributed by atoms with van der Waals surface area (Å²) in [6.07, 6.45) is 4.97. The summed E-state index contributed by atoms with van der Waals surface area (Å²) < 4.78 is 2.81. The first kappa shape index (κ1) is 20.7. The number of halogens is 3. The van der Waals surface area contributed by atoms with Crippen molar-refractivity contribution < 1.29 is 4.79 Å². The van der Waals surface area contributed by atoms with E-state index < -0.39 is 0 Å². The highest BCUT2D eigenvalue weighted by Gasteiger charge is 2.23. The molecule has 1 N–H and O–H groups in total. The maximum Gasteiger partial charge on any atom is 0.269 e. The lowest BCUT2D eigenvalue weighted by atomic mass is 10.1. The molecule has 0 saturated carbocycles. The van der Waals surface area contributed by atoms with Crippen molar-refractivity contribution in [1.82, 2.24) is 20.2 Å². The van der Waals surface area contributed by atoms with E-state index in [-0.39, 0.29) is 5.91 Å². The summed E-state index contributed by atoms with van der Waals surface area (Å²) in [5.41, 5.74) is 5.78. The van der Waals surface area contributed by atoms with Gasteiger partial charge >= 0.3 is 0 Å². The zero-order valence-electron chi connectivity index (χ0n) is 15.5. The van der Waals surface area contributed by atoms with E-state index in [1.807, 2.05) is 29.3 Å². The van der Waals surface area contributed by atoms with Crippen LogP contribution >= 0.6 is 45.8 Å². The first-order chi connectivity index (χ1) is 14.0. The van der Waals surface area contributed by atoms with Gasteiger partial charge in [0, 0.05) is 27.2 Å². The van der Waals surface area contributed by atoms with Gasteiger partial charge in [-0.15, -0.1) is 0 Å². The van der Waals surface area contributed by atoms with Crippen molar-refractivity contribution in [1.29, 1.82) is 0 Å². The van der Waals surface area contributed by atoms with E-state index in [0.717, 1.165) is 35.1 Å². The van der Waals surface area contributed by atoms with Crippen molar-refractivity contribution in [3.05, 3.63) is 67.8 Å². The van der Waals surface area contributed by atoms with Gasteiger partial charge < -0.3 is 0 Å². The molecule has 0 atom stereocenters. The maximum absolute atomic E-state index is 13.1. The van der Waals surface area contributed by atoms with Crippen molar-refractivity contribution >= 4 is 51.7 Å². The van der Waals surface area contributed by atoms with Crippen molar-refractivity contribution in [2.75, 3.05) is 13.1 Å². The highest BCUT2D eigenvalue weighted by Crippen LogP contribution is 2.31. The third-order valence-corrected chi connectivity index (χ3v) is 6.14. The molecule has 1 aliphatic rings. The molecule has 1 saturated heterocycles. The Balaban J connectivity index is 1.78. The number of hydrogen-bond donors (Lipinski definition) is 1. The molecule has 0 bridgehead atoms. The number of rotatable bonds is 4. The molecule has 1 amide bonds. The van der Waals surface area contributed by atoms with Crippen molar-refractivity contribution in [2.45, 2.75) is 19.3 Å². The number of hydrogen-bond acceptors (Lipinski definition) is 3. The van der Waals surface area contributed by atoms with E-state index in [1.54, 1.807) is 29.1 Å². The third-order valence-electron chi connectivity index (χ3n) is 4.89. The fraction of sp³-hybridized carbons (Fsp3) is 0.238. The van der Waals surface area contributed by atoms with Crippen LogP contribution in [0.2, 0.25) is 10.0 Å². The highest BCUT2D eigenvalue weighted by atomic mass is 127. The van der Waals surface area contributed by atoms with Crippen molar-refractivity contribution in [3.63, 3.8) is 0 Å². The normalized spacial score (nSPS) is 14.7. The van der Waals surface area contributed by atoms with Gasteiger partial charge in [-0.1, -0.05) is 41.8 Å². The summed E-state index contributed by atoms with van der Waals surface area (Å²) in [5, 5.41) is 7.49. The molecule has 3 aromatic rings. The molecule has 2 aromatic carbocycles. The van der Waals surface area contributed by atoms with Gasteiger partial charge in [0.1, 0.15) is 0 Å². The zero-order valence-corrected chi connectivity index (χ0v) is 19.2. The summed E-state index contributed by atoms with van der Waals surface area (Å²) >= 11 is 14.8. The number of nitrogens with zero attached hydrogens (tertiary/aromatic N) is 3. The third kappa shape index (κ3) is 4.60. The standard InChI is InChI=1S/C21H19Cl2IN4O/c22-15-6-9-19(18(23)12-15)28-20(14-4-7-16(24)8-5-14)17(13-25-28)21(29)26-27-10-2-1-3-11-27/h4-9,12-13H,1-3,10-11H2,(H,26,29). The number of aromatic nitrogens is 2. The van der Waals surface area contributed by atoms with Crippen LogP contribution in [-0.2, 0) is 0 Å². The Morgan fingerprint density at radius 2 is 1.76 bits per heavy atom. The molecule has 2 heterocycles. The number of carbonyl (C=O) groups is 1. The average Bonchev–Trinajstić information content (AvgIpc) is 3.14. The molecule has 150 valence electrons. The number of carbonyl (C=O) groups excluding carboxylic acids is 1. The van der Waals surface area contributed by atoms with E-state index in [4.69, 9.17) is 23.2 Å². The molecule has 29 heavy (non-hydrogen) atoms. The van der Waals surface area contributed by atoms with Crippen LogP contribution in [0.3, 0.4) is 0 Å². The van der Waals surface area contributed by atoms with Crippen LogP contribution in [0.25, 0.3) is 16.9 Å². The summed E-state index contributed by atoms with van der Waals surface area (Å²) in [4.78, 5) is 13.1. The van der Waals surface area contributed by atoms with Crippen molar-refractivity contribution in [3.8, 4) is 16.9 Å². The SMILES string of the molecule is O=C(NN1CCCCC1)c1cnn(-c2ccc(Cl)cc2Cl)c1-c1ccc(I)cc1.